The van der Waals surface area contributed by atoms with Crippen molar-refractivity contribution in [2.24, 2.45) is 0 Å². The average Bonchev–Trinajstić information content (AvgIpc) is 3.05. The van der Waals surface area contributed by atoms with Crippen LogP contribution in [0.4, 0.5) is 5.13 Å². The number of thiazole rings is 1. The number of nitrogens with one attached hydrogen (secondary N) is 1. The second-order valence-electron chi connectivity index (χ2n) is 5.82. The first kappa shape index (κ1) is 19.3. The fraction of sp³-hybridized carbons (Fsp3) is 0.222. The average molecular weight is 406 g/mol. The molecule has 0 fully saturated rings. The predicted octanol–water partition coefficient (Wildman–Crippen LogP) is 3.20. The molecule has 1 amide bonds. The molecule has 0 aliphatic rings. The van der Waals surface area contributed by atoms with Gasteiger partial charge < -0.3 is 4.74 Å². The molecule has 142 valence electrons. The van der Waals surface area contributed by atoms with Crippen LogP contribution in [-0.4, -0.2) is 44.3 Å². The summed E-state index contributed by atoms with van der Waals surface area (Å²) in [7, 11) is -0.613. The number of para-hydroxylation sites is 1. The van der Waals surface area contributed by atoms with Crippen LogP contribution in [0.15, 0.2) is 47.4 Å². The zero-order valence-corrected chi connectivity index (χ0v) is 16.7. The summed E-state index contributed by atoms with van der Waals surface area (Å²) in [5.74, 6) is 0.311. The number of hydrogen-bond acceptors (Lipinski definition) is 6. The Hall–Kier alpha value is -2.49. The summed E-state index contributed by atoms with van der Waals surface area (Å²) in [5, 5.41) is 3.20. The zero-order chi connectivity index (χ0) is 19.6. The zero-order valence-electron chi connectivity index (χ0n) is 15.1. The number of fused-ring (bicyclic) bond motifs is 1. The van der Waals surface area contributed by atoms with E-state index in [2.05, 4.69) is 10.3 Å². The summed E-state index contributed by atoms with van der Waals surface area (Å²) in [6, 6.07) is 11.4. The summed E-state index contributed by atoms with van der Waals surface area (Å²) in [6.45, 7) is 2.43. The Bertz CT molecular complexity index is 1070. The molecule has 27 heavy (non-hydrogen) atoms. The van der Waals surface area contributed by atoms with Crippen molar-refractivity contribution in [3.05, 3.63) is 48.0 Å². The molecule has 0 atom stereocenters. The van der Waals surface area contributed by atoms with E-state index in [0.717, 1.165) is 9.01 Å². The third-order valence-corrected chi connectivity index (χ3v) is 6.56. The maximum absolute atomic E-state index is 12.5. The number of carbonyl (C=O) groups excluding carboxylic acids is 1. The van der Waals surface area contributed by atoms with Crippen molar-refractivity contribution in [2.75, 3.05) is 26.0 Å². The van der Waals surface area contributed by atoms with Gasteiger partial charge in [-0.3, -0.25) is 10.1 Å². The molecule has 3 aromatic rings. The highest BCUT2D eigenvalue weighted by Crippen LogP contribution is 2.32. The molecular formula is C18H19N3O4S2. The molecule has 0 aliphatic heterocycles. The Morgan fingerprint density at radius 1 is 1.19 bits per heavy atom. The van der Waals surface area contributed by atoms with Gasteiger partial charge in [-0.2, -0.15) is 0 Å². The normalized spacial score (nSPS) is 11.7. The molecule has 2 aromatic carbocycles. The highest BCUT2D eigenvalue weighted by molar-refractivity contribution is 7.89. The minimum atomic E-state index is -3.53. The fourth-order valence-electron chi connectivity index (χ4n) is 2.41. The first-order valence-electron chi connectivity index (χ1n) is 8.19. The molecule has 1 N–H and O–H groups in total. The van der Waals surface area contributed by atoms with Crippen molar-refractivity contribution in [3.63, 3.8) is 0 Å². The summed E-state index contributed by atoms with van der Waals surface area (Å²) >= 11 is 1.35. The van der Waals surface area contributed by atoms with E-state index in [9.17, 15) is 13.2 Å². The number of anilines is 1. The van der Waals surface area contributed by atoms with E-state index < -0.39 is 10.0 Å². The molecule has 9 heteroatoms. The molecule has 0 unspecified atom stereocenters. The Morgan fingerprint density at radius 2 is 1.89 bits per heavy atom. The molecule has 1 heterocycles. The van der Waals surface area contributed by atoms with E-state index >= 15 is 0 Å². The molecule has 0 spiro atoms. The molecule has 7 nitrogen and oxygen atoms in total. The molecular weight excluding hydrogens is 386 g/mol. The smallest absolute Gasteiger partial charge is 0.257 e. The molecule has 0 saturated carbocycles. The lowest BCUT2D eigenvalue weighted by atomic mass is 10.2. The number of ether oxygens (including phenoxy) is 1. The lowest BCUT2D eigenvalue weighted by Gasteiger charge is -2.11. The maximum Gasteiger partial charge on any atom is 0.257 e. The monoisotopic (exact) mass is 405 g/mol. The van der Waals surface area contributed by atoms with Gasteiger partial charge in [0.15, 0.2) is 5.13 Å². The van der Waals surface area contributed by atoms with E-state index in [4.69, 9.17) is 4.74 Å². The number of rotatable bonds is 6. The van der Waals surface area contributed by atoms with Crippen LogP contribution in [0.3, 0.4) is 0 Å². The molecule has 1 aromatic heterocycles. The van der Waals surface area contributed by atoms with Gasteiger partial charge in [0.05, 0.1) is 16.2 Å². The maximum atomic E-state index is 12.5. The number of amides is 1. The van der Waals surface area contributed by atoms with E-state index in [-0.39, 0.29) is 10.8 Å². The van der Waals surface area contributed by atoms with Crippen LogP contribution in [0.2, 0.25) is 0 Å². The van der Waals surface area contributed by atoms with Gasteiger partial charge in [0.25, 0.3) is 5.91 Å². The van der Waals surface area contributed by atoms with Crippen LogP contribution >= 0.6 is 11.3 Å². The Morgan fingerprint density at radius 3 is 2.52 bits per heavy atom. The Balaban J connectivity index is 1.81. The minimum absolute atomic E-state index is 0.130. The minimum Gasteiger partial charge on any atom is -0.492 e. The summed E-state index contributed by atoms with van der Waals surface area (Å²) in [5.41, 5.74) is 1.05. The van der Waals surface area contributed by atoms with Gasteiger partial charge in [-0.25, -0.2) is 17.7 Å². The summed E-state index contributed by atoms with van der Waals surface area (Å²) < 4.78 is 31.8. The van der Waals surface area contributed by atoms with Gasteiger partial charge in [-0.1, -0.05) is 17.4 Å². The van der Waals surface area contributed by atoms with Gasteiger partial charge in [0.1, 0.15) is 11.3 Å². The quantitative estimate of drug-likeness (QED) is 0.680. The Labute approximate surface area is 161 Å². The summed E-state index contributed by atoms with van der Waals surface area (Å²) in [4.78, 5) is 17.0. The Kier molecular flexibility index (Phi) is 5.45. The van der Waals surface area contributed by atoms with Gasteiger partial charge in [0.2, 0.25) is 10.0 Å². The number of aromatic nitrogens is 1. The number of hydrogen-bond donors (Lipinski definition) is 1. The van der Waals surface area contributed by atoms with Crippen LogP contribution < -0.4 is 10.1 Å². The highest BCUT2D eigenvalue weighted by atomic mass is 32.2. The molecule has 0 aliphatic carbocycles. The number of carbonyl (C=O) groups is 1. The molecule has 0 bridgehead atoms. The van der Waals surface area contributed by atoms with Gasteiger partial charge in [-0.15, -0.1) is 0 Å². The molecule has 0 saturated heterocycles. The van der Waals surface area contributed by atoms with Gasteiger partial charge in [-0.05, 0) is 43.3 Å². The molecule has 0 radical (unpaired) electrons. The van der Waals surface area contributed by atoms with Crippen LogP contribution in [0.25, 0.3) is 10.2 Å². The molecule has 3 rings (SSSR count). The van der Waals surface area contributed by atoms with Gasteiger partial charge >= 0.3 is 0 Å². The van der Waals surface area contributed by atoms with Crippen LogP contribution in [0, 0.1) is 0 Å². The van der Waals surface area contributed by atoms with Crippen LogP contribution in [-0.2, 0) is 10.0 Å². The van der Waals surface area contributed by atoms with E-state index in [1.165, 1.54) is 49.7 Å². The van der Waals surface area contributed by atoms with Crippen molar-refractivity contribution >= 4 is 42.6 Å². The van der Waals surface area contributed by atoms with Crippen LogP contribution in [0.5, 0.6) is 5.75 Å². The number of sulfonamides is 1. The first-order valence-corrected chi connectivity index (χ1v) is 10.4. The van der Waals surface area contributed by atoms with Crippen LogP contribution in [0.1, 0.15) is 17.3 Å². The summed E-state index contributed by atoms with van der Waals surface area (Å²) in [6.07, 6.45) is 0. The third kappa shape index (κ3) is 3.95. The second-order valence-corrected chi connectivity index (χ2v) is 9.00. The highest BCUT2D eigenvalue weighted by Gasteiger charge is 2.18. The van der Waals surface area contributed by atoms with E-state index in [1.807, 2.05) is 25.1 Å². The standard InChI is InChI=1S/C18H19N3O4S2/c1-4-25-14-6-5-7-15-16(14)19-18(26-15)20-17(22)12-8-10-13(11-9-12)27(23,24)21(2)3/h5-11H,4H2,1-3H3,(H,19,20,22). The lowest BCUT2D eigenvalue weighted by molar-refractivity contribution is 0.102. The van der Waals surface area contributed by atoms with Crippen molar-refractivity contribution < 1.29 is 17.9 Å². The van der Waals surface area contributed by atoms with E-state index in [0.29, 0.717) is 28.6 Å². The topological polar surface area (TPSA) is 88.6 Å². The largest absolute Gasteiger partial charge is 0.492 e. The predicted molar refractivity (Wildman–Crippen MR) is 106 cm³/mol. The lowest BCUT2D eigenvalue weighted by Crippen LogP contribution is -2.22. The number of benzene rings is 2. The van der Waals surface area contributed by atoms with Crippen molar-refractivity contribution in [1.82, 2.24) is 9.29 Å². The van der Waals surface area contributed by atoms with Crippen molar-refractivity contribution in [2.45, 2.75) is 11.8 Å². The van der Waals surface area contributed by atoms with Crippen molar-refractivity contribution in [3.8, 4) is 5.75 Å². The fourth-order valence-corrected chi connectivity index (χ4v) is 4.19. The van der Waals surface area contributed by atoms with Gasteiger partial charge in [0, 0.05) is 19.7 Å². The van der Waals surface area contributed by atoms with E-state index in [1.54, 1.807) is 0 Å². The van der Waals surface area contributed by atoms with Crippen molar-refractivity contribution in [1.29, 1.82) is 0 Å². The second kappa shape index (κ2) is 7.63. The first-order chi connectivity index (χ1) is 12.8. The third-order valence-electron chi connectivity index (χ3n) is 3.80. The SMILES string of the molecule is CCOc1cccc2sc(NC(=O)c3ccc(S(=O)(=O)N(C)C)cc3)nc12. The number of nitrogens with zero attached hydrogens (tertiary/aromatic N) is 2.